The predicted molar refractivity (Wildman–Crippen MR) is 95.1 cm³/mol. The second kappa shape index (κ2) is 7.63. The van der Waals surface area contributed by atoms with Crippen molar-refractivity contribution < 1.29 is 4.74 Å². The number of ether oxygens (including phenoxy) is 1. The van der Waals surface area contributed by atoms with E-state index in [-0.39, 0.29) is 6.04 Å². The lowest BCUT2D eigenvalue weighted by molar-refractivity contribution is 0.403. The van der Waals surface area contributed by atoms with E-state index in [1.54, 1.807) is 7.11 Å². The molecule has 0 aliphatic heterocycles. The molecule has 0 saturated carbocycles. The summed E-state index contributed by atoms with van der Waals surface area (Å²) in [5.74, 6) is 0.856. The number of nitrogens with one attached hydrogen (secondary N) is 1. The molecule has 1 N–H and O–H groups in total. The minimum atomic E-state index is 0.227. The highest BCUT2D eigenvalue weighted by Gasteiger charge is 2.11. The van der Waals surface area contributed by atoms with Gasteiger partial charge in [0.25, 0.3) is 0 Å². The Balaban J connectivity index is 2.10. The van der Waals surface area contributed by atoms with Crippen LogP contribution in [0.25, 0.3) is 0 Å². The topological polar surface area (TPSA) is 21.3 Å². The summed E-state index contributed by atoms with van der Waals surface area (Å²) >= 11 is 12.9. The molecule has 0 unspecified atom stereocenters. The third kappa shape index (κ3) is 4.46. The van der Waals surface area contributed by atoms with Gasteiger partial charge in [0.15, 0.2) is 0 Å². The van der Waals surface area contributed by atoms with Crippen LogP contribution in [0.15, 0.2) is 45.3 Å². The van der Waals surface area contributed by atoms with Crippen LogP contribution in [-0.4, -0.2) is 7.11 Å². The summed E-state index contributed by atoms with van der Waals surface area (Å²) in [4.78, 5) is 0. The van der Waals surface area contributed by atoms with Gasteiger partial charge in [-0.25, -0.2) is 0 Å². The van der Waals surface area contributed by atoms with Gasteiger partial charge in [0.2, 0.25) is 0 Å². The van der Waals surface area contributed by atoms with Crippen molar-refractivity contribution in [3.8, 4) is 5.75 Å². The fraction of sp³-hybridized carbons (Fsp3) is 0.250. The van der Waals surface area contributed by atoms with Crippen molar-refractivity contribution in [2.24, 2.45) is 0 Å². The highest BCUT2D eigenvalue weighted by molar-refractivity contribution is 9.11. The van der Waals surface area contributed by atoms with Crippen molar-refractivity contribution in [2.45, 2.75) is 19.5 Å². The number of hydrogen-bond acceptors (Lipinski definition) is 2. The van der Waals surface area contributed by atoms with Gasteiger partial charge in [-0.05, 0) is 52.7 Å². The lowest BCUT2D eigenvalue weighted by atomic mass is 10.1. The normalized spacial score (nSPS) is 12.2. The number of rotatable bonds is 5. The molecule has 112 valence electrons. The maximum Gasteiger partial charge on any atom is 0.137 e. The zero-order valence-corrected chi connectivity index (χ0v) is 15.7. The van der Waals surface area contributed by atoms with Crippen LogP contribution in [0.1, 0.15) is 24.1 Å². The molecule has 0 heterocycles. The smallest absolute Gasteiger partial charge is 0.137 e. The summed E-state index contributed by atoms with van der Waals surface area (Å²) < 4.78 is 7.42. The fourth-order valence-corrected chi connectivity index (χ4v) is 3.71. The molecule has 0 radical (unpaired) electrons. The van der Waals surface area contributed by atoms with E-state index in [4.69, 9.17) is 16.3 Å². The van der Waals surface area contributed by atoms with Gasteiger partial charge >= 0.3 is 0 Å². The Morgan fingerprint density at radius 2 is 1.86 bits per heavy atom. The SMILES string of the molecule is COc1c(Br)cc(Br)cc1CN[C@@H](C)c1ccc(Cl)cc1. The second-order valence-electron chi connectivity index (χ2n) is 4.73. The molecule has 0 fully saturated rings. The molecule has 0 aliphatic carbocycles. The highest BCUT2D eigenvalue weighted by Crippen LogP contribution is 2.33. The monoisotopic (exact) mass is 431 g/mol. The zero-order valence-electron chi connectivity index (χ0n) is 11.8. The molecular weight excluding hydrogens is 417 g/mol. The summed E-state index contributed by atoms with van der Waals surface area (Å²) in [6, 6.07) is 12.2. The Morgan fingerprint density at radius 1 is 1.19 bits per heavy atom. The molecule has 1 atom stereocenters. The Bertz CT molecular complexity index is 616. The minimum absolute atomic E-state index is 0.227. The van der Waals surface area contributed by atoms with E-state index >= 15 is 0 Å². The van der Waals surface area contributed by atoms with Crippen LogP contribution in [0, 0.1) is 0 Å². The van der Waals surface area contributed by atoms with Gasteiger partial charge in [-0.15, -0.1) is 0 Å². The minimum Gasteiger partial charge on any atom is -0.495 e. The average Bonchev–Trinajstić information content (AvgIpc) is 2.45. The van der Waals surface area contributed by atoms with Crippen molar-refractivity contribution in [2.75, 3.05) is 7.11 Å². The molecule has 2 aromatic carbocycles. The van der Waals surface area contributed by atoms with Gasteiger partial charge in [0.1, 0.15) is 5.75 Å². The Labute approximate surface area is 147 Å². The first kappa shape index (κ1) is 16.8. The molecule has 5 heteroatoms. The number of hydrogen-bond donors (Lipinski definition) is 1. The van der Waals surface area contributed by atoms with Crippen molar-refractivity contribution in [3.05, 3.63) is 61.5 Å². The van der Waals surface area contributed by atoms with Crippen LogP contribution in [0.4, 0.5) is 0 Å². The standard InChI is InChI=1S/C16H16Br2ClNO/c1-10(11-3-5-14(19)6-4-11)20-9-12-7-13(17)8-15(18)16(12)21-2/h3-8,10,20H,9H2,1-2H3/t10-/m0/s1. The van der Waals surface area contributed by atoms with Crippen molar-refractivity contribution in [1.82, 2.24) is 5.32 Å². The Morgan fingerprint density at radius 3 is 2.48 bits per heavy atom. The van der Waals surface area contributed by atoms with E-state index in [1.165, 1.54) is 5.56 Å². The van der Waals surface area contributed by atoms with E-state index in [0.717, 1.165) is 25.3 Å². The van der Waals surface area contributed by atoms with Crippen LogP contribution < -0.4 is 10.1 Å². The van der Waals surface area contributed by atoms with E-state index in [9.17, 15) is 0 Å². The molecule has 0 aromatic heterocycles. The predicted octanol–water partition coefficient (Wildman–Crippen LogP) is 5.72. The number of benzene rings is 2. The maximum atomic E-state index is 5.92. The van der Waals surface area contributed by atoms with Gasteiger partial charge in [-0.1, -0.05) is 39.7 Å². The molecule has 2 aromatic rings. The number of halogens is 3. The molecule has 2 nitrogen and oxygen atoms in total. The molecular formula is C16H16Br2ClNO. The third-order valence-corrected chi connectivity index (χ3v) is 4.56. The van der Waals surface area contributed by atoms with Gasteiger partial charge in [0.05, 0.1) is 11.6 Å². The molecule has 0 amide bonds. The van der Waals surface area contributed by atoms with Gasteiger partial charge in [-0.2, -0.15) is 0 Å². The van der Waals surface area contributed by atoms with Crippen molar-refractivity contribution in [3.63, 3.8) is 0 Å². The quantitative estimate of drug-likeness (QED) is 0.651. The Kier molecular flexibility index (Phi) is 6.11. The largest absolute Gasteiger partial charge is 0.495 e. The summed E-state index contributed by atoms with van der Waals surface area (Å²) in [6.45, 7) is 2.84. The van der Waals surface area contributed by atoms with E-state index in [0.29, 0.717) is 6.54 Å². The molecule has 0 aliphatic rings. The van der Waals surface area contributed by atoms with Crippen LogP contribution in [0.3, 0.4) is 0 Å². The van der Waals surface area contributed by atoms with Gasteiger partial charge in [-0.3, -0.25) is 0 Å². The first-order valence-corrected chi connectivity index (χ1v) is 8.48. The highest BCUT2D eigenvalue weighted by atomic mass is 79.9. The first-order valence-electron chi connectivity index (χ1n) is 6.52. The molecule has 21 heavy (non-hydrogen) atoms. The van der Waals surface area contributed by atoms with Crippen molar-refractivity contribution in [1.29, 1.82) is 0 Å². The molecule has 2 rings (SSSR count). The summed E-state index contributed by atoms with van der Waals surface area (Å²) in [5.41, 5.74) is 2.30. The van der Waals surface area contributed by atoms with E-state index < -0.39 is 0 Å². The van der Waals surface area contributed by atoms with Gasteiger partial charge < -0.3 is 10.1 Å². The first-order chi connectivity index (χ1) is 10.0. The summed E-state index contributed by atoms with van der Waals surface area (Å²) in [5, 5.41) is 4.25. The lowest BCUT2D eigenvalue weighted by Crippen LogP contribution is -2.18. The van der Waals surface area contributed by atoms with Crippen LogP contribution in [0.5, 0.6) is 5.75 Å². The zero-order chi connectivity index (χ0) is 15.4. The maximum absolute atomic E-state index is 5.92. The summed E-state index contributed by atoms with van der Waals surface area (Å²) in [6.07, 6.45) is 0. The van der Waals surface area contributed by atoms with E-state index in [1.807, 2.05) is 30.3 Å². The van der Waals surface area contributed by atoms with Crippen LogP contribution in [0.2, 0.25) is 5.02 Å². The van der Waals surface area contributed by atoms with E-state index in [2.05, 4.69) is 50.2 Å². The third-order valence-electron chi connectivity index (χ3n) is 3.26. The molecule has 0 saturated heterocycles. The summed E-state index contributed by atoms with van der Waals surface area (Å²) in [7, 11) is 1.68. The Hall–Kier alpha value is -0.550. The van der Waals surface area contributed by atoms with Crippen LogP contribution in [-0.2, 0) is 6.54 Å². The van der Waals surface area contributed by atoms with Crippen LogP contribution >= 0.6 is 43.5 Å². The number of methoxy groups -OCH3 is 1. The lowest BCUT2D eigenvalue weighted by Gasteiger charge is -2.17. The molecule has 0 bridgehead atoms. The second-order valence-corrected chi connectivity index (χ2v) is 6.94. The fourth-order valence-electron chi connectivity index (χ4n) is 2.11. The van der Waals surface area contributed by atoms with Gasteiger partial charge in [0, 0.05) is 27.6 Å². The molecule has 0 spiro atoms. The van der Waals surface area contributed by atoms with Crippen molar-refractivity contribution >= 4 is 43.5 Å². The average molecular weight is 434 g/mol.